The van der Waals surface area contributed by atoms with Crippen molar-refractivity contribution in [3.8, 4) is 5.75 Å². The van der Waals surface area contributed by atoms with Crippen LogP contribution in [0.4, 0.5) is 15.6 Å². The fraction of sp³-hybridized carbons (Fsp3) is 0.474. The maximum atomic E-state index is 12.6. The molecule has 1 aromatic heterocycles. The molecule has 0 atom stereocenters. The molecule has 1 N–H and O–H groups in total. The van der Waals surface area contributed by atoms with E-state index in [4.69, 9.17) is 4.74 Å². The van der Waals surface area contributed by atoms with Gasteiger partial charge in [0.15, 0.2) is 5.13 Å². The average Bonchev–Trinajstić information content (AvgIpc) is 3.19. The van der Waals surface area contributed by atoms with Gasteiger partial charge in [0, 0.05) is 43.4 Å². The van der Waals surface area contributed by atoms with E-state index in [1.54, 1.807) is 11.3 Å². The van der Waals surface area contributed by atoms with Crippen molar-refractivity contribution in [2.75, 3.05) is 43.0 Å². The number of benzene rings is 1. The van der Waals surface area contributed by atoms with Crippen molar-refractivity contribution in [3.63, 3.8) is 0 Å². The van der Waals surface area contributed by atoms with E-state index in [1.165, 1.54) is 0 Å². The molecule has 0 radical (unpaired) electrons. The van der Waals surface area contributed by atoms with Crippen molar-refractivity contribution in [1.29, 1.82) is 0 Å². The lowest BCUT2D eigenvalue weighted by molar-refractivity contribution is 0.208. The van der Waals surface area contributed by atoms with Gasteiger partial charge in [-0.3, -0.25) is 0 Å². The van der Waals surface area contributed by atoms with Crippen molar-refractivity contribution < 1.29 is 9.53 Å². The van der Waals surface area contributed by atoms with Crippen LogP contribution in [0.2, 0.25) is 0 Å². The number of anilines is 2. The molecule has 1 aliphatic rings. The van der Waals surface area contributed by atoms with Crippen molar-refractivity contribution >= 4 is 28.2 Å². The second-order valence-corrected chi connectivity index (χ2v) is 7.27. The van der Waals surface area contributed by atoms with Crippen LogP contribution in [0.3, 0.4) is 0 Å². The van der Waals surface area contributed by atoms with E-state index in [9.17, 15) is 4.79 Å². The number of aromatic nitrogens is 1. The Morgan fingerprint density at radius 2 is 2.12 bits per heavy atom. The van der Waals surface area contributed by atoms with E-state index in [1.807, 2.05) is 41.6 Å². The molecular weight excluding hydrogens is 348 g/mol. The second kappa shape index (κ2) is 8.89. The highest BCUT2D eigenvalue weighted by atomic mass is 32.1. The van der Waals surface area contributed by atoms with Gasteiger partial charge in [-0.25, -0.2) is 9.78 Å². The highest BCUT2D eigenvalue weighted by Crippen LogP contribution is 2.23. The zero-order chi connectivity index (χ0) is 18.4. The lowest BCUT2D eigenvalue weighted by atomic mass is 10.2. The van der Waals surface area contributed by atoms with E-state index in [-0.39, 0.29) is 6.03 Å². The molecule has 7 heteroatoms. The average molecular weight is 375 g/mol. The third kappa shape index (κ3) is 4.66. The summed E-state index contributed by atoms with van der Waals surface area (Å²) in [5.41, 5.74) is 1.84. The highest BCUT2D eigenvalue weighted by Gasteiger charge is 2.22. The molecule has 0 spiro atoms. The molecule has 140 valence electrons. The minimum atomic E-state index is -0.0495. The minimum absolute atomic E-state index is 0.0495. The smallest absolute Gasteiger partial charge is 0.321 e. The van der Waals surface area contributed by atoms with E-state index in [2.05, 4.69) is 22.1 Å². The third-order valence-electron chi connectivity index (χ3n) is 4.46. The number of carbonyl (C=O) groups is 1. The molecule has 0 saturated carbocycles. The number of aryl methyl sites for hydroxylation is 1. The van der Waals surface area contributed by atoms with Gasteiger partial charge in [0.1, 0.15) is 5.75 Å². The van der Waals surface area contributed by atoms with Crippen LogP contribution in [-0.4, -0.2) is 48.7 Å². The first-order valence-electron chi connectivity index (χ1n) is 9.11. The van der Waals surface area contributed by atoms with Crippen LogP contribution >= 0.6 is 11.3 Å². The van der Waals surface area contributed by atoms with Crippen LogP contribution in [0.25, 0.3) is 0 Å². The van der Waals surface area contributed by atoms with Gasteiger partial charge >= 0.3 is 6.03 Å². The Kier molecular flexibility index (Phi) is 6.33. The van der Waals surface area contributed by atoms with Gasteiger partial charge in [-0.05, 0) is 37.1 Å². The second-order valence-electron chi connectivity index (χ2n) is 6.40. The van der Waals surface area contributed by atoms with Crippen LogP contribution in [0.1, 0.15) is 25.3 Å². The number of ether oxygens (including phenoxy) is 1. The van der Waals surface area contributed by atoms with E-state index < -0.39 is 0 Å². The number of nitrogens with zero attached hydrogens (tertiary/aromatic N) is 3. The summed E-state index contributed by atoms with van der Waals surface area (Å²) >= 11 is 1.64. The first-order chi connectivity index (χ1) is 12.7. The molecule has 1 fully saturated rings. The molecule has 6 nitrogen and oxygen atoms in total. The van der Waals surface area contributed by atoms with Crippen molar-refractivity contribution in [2.24, 2.45) is 0 Å². The number of unbranched alkanes of at least 4 members (excludes halogenated alkanes) is 1. The van der Waals surface area contributed by atoms with Crippen LogP contribution in [-0.2, 0) is 0 Å². The zero-order valence-electron chi connectivity index (χ0n) is 15.4. The summed E-state index contributed by atoms with van der Waals surface area (Å²) in [4.78, 5) is 21.0. The number of hydrogen-bond donors (Lipinski definition) is 1. The standard InChI is InChI=1S/C19H26N4O2S/c1-3-4-12-25-16-5-6-17(15(2)14-16)21-18(24)22-8-10-23(11-9-22)19-20-7-13-26-19/h5-7,13-14H,3-4,8-12H2,1-2H3,(H,21,24). The summed E-state index contributed by atoms with van der Waals surface area (Å²) in [6, 6.07) is 5.76. The van der Waals surface area contributed by atoms with E-state index in [0.717, 1.165) is 54.7 Å². The predicted octanol–water partition coefficient (Wildman–Crippen LogP) is 3.98. The van der Waals surface area contributed by atoms with Crippen molar-refractivity contribution in [3.05, 3.63) is 35.3 Å². The van der Waals surface area contributed by atoms with Gasteiger partial charge < -0.3 is 19.9 Å². The normalized spacial score (nSPS) is 14.4. The van der Waals surface area contributed by atoms with E-state index in [0.29, 0.717) is 13.1 Å². The Hall–Kier alpha value is -2.28. The number of hydrogen-bond acceptors (Lipinski definition) is 5. The van der Waals surface area contributed by atoms with Crippen LogP contribution < -0.4 is 15.0 Å². The molecular formula is C19H26N4O2S. The topological polar surface area (TPSA) is 57.7 Å². The first kappa shape index (κ1) is 18.5. The van der Waals surface area contributed by atoms with Gasteiger partial charge in [0.05, 0.1) is 6.61 Å². The van der Waals surface area contributed by atoms with Crippen molar-refractivity contribution in [2.45, 2.75) is 26.7 Å². The summed E-state index contributed by atoms with van der Waals surface area (Å²) in [7, 11) is 0. The fourth-order valence-electron chi connectivity index (χ4n) is 2.87. The predicted molar refractivity (Wildman–Crippen MR) is 107 cm³/mol. The summed E-state index contributed by atoms with van der Waals surface area (Å²) in [5, 5.41) is 6.03. The Morgan fingerprint density at radius 1 is 1.31 bits per heavy atom. The Labute approximate surface area is 158 Å². The van der Waals surface area contributed by atoms with Crippen LogP contribution in [0.15, 0.2) is 29.8 Å². The SMILES string of the molecule is CCCCOc1ccc(NC(=O)N2CCN(c3nccs3)CC2)c(C)c1. The maximum absolute atomic E-state index is 12.6. The van der Waals surface area contributed by atoms with Gasteiger partial charge in [0.2, 0.25) is 0 Å². The quantitative estimate of drug-likeness (QED) is 0.777. The molecule has 26 heavy (non-hydrogen) atoms. The fourth-order valence-corrected chi connectivity index (χ4v) is 3.56. The Morgan fingerprint density at radius 3 is 2.77 bits per heavy atom. The Bertz CT molecular complexity index is 712. The summed E-state index contributed by atoms with van der Waals surface area (Å²) in [5.74, 6) is 0.853. The number of rotatable bonds is 6. The highest BCUT2D eigenvalue weighted by molar-refractivity contribution is 7.13. The molecule has 0 aliphatic carbocycles. The number of carbonyl (C=O) groups excluding carboxylic acids is 1. The van der Waals surface area contributed by atoms with Gasteiger partial charge in [-0.15, -0.1) is 11.3 Å². The van der Waals surface area contributed by atoms with Gasteiger partial charge in [0.25, 0.3) is 0 Å². The first-order valence-corrected chi connectivity index (χ1v) is 9.99. The zero-order valence-corrected chi connectivity index (χ0v) is 16.2. The van der Waals surface area contributed by atoms with Gasteiger partial charge in [-0.1, -0.05) is 13.3 Å². The van der Waals surface area contributed by atoms with Crippen LogP contribution in [0.5, 0.6) is 5.75 Å². The number of urea groups is 1. The number of piperazine rings is 1. The van der Waals surface area contributed by atoms with Crippen LogP contribution in [0, 0.1) is 6.92 Å². The lowest BCUT2D eigenvalue weighted by Gasteiger charge is -2.34. The van der Waals surface area contributed by atoms with Crippen molar-refractivity contribution in [1.82, 2.24) is 9.88 Å². The van der Waals surface area contributed by atoms with E-state index >= 15 is 0 Å². The summed E-state index contributed by atoms with van der Waals surface area (Å²) < 4.78 is 5.72. The lowest BCUT2D eigenvalue weighted by Crippen LogP contribution is -2.50. The molecule has 0 bridgehead atoms. The number of amides is 2. The number of nitrogens with one attached hydrogen (secondary N) is 1. The molecule has 3 rings (SSSR count). The Balaban J connectivity index is 1.52. The molecule has 2 aromatic rings. The molecule has 1 aliphatic heterocycles. The molecule has 0 unspecified atom stereocenters. The number of thiazole rings is 1. The summed E-state index contributed by atoms with van der Waals surface area (Å²) in [6.45, 7) is 7.87. The third-order valence-corrected chi connectivity index (χ3v) is 5.30. The van der Waals surface area contributed by atoms with Gasteiger partial charge in [-0.2, -0.15) is 0 Å². The monoisotopic (exact) mass is 374 g/mol. The molecule has 1 aromatic carbocycles. The molecule has 2 amide bonds. The largest absolute Gasteiger partial charge is 0.494 e. The summed E-state index contributed by atoms with van der Waals surface area (Å²) in [6.07, 6.45) is 3.98. The minimum Gasteiger partial charge on any atom is -0.494 e. The maximum Gasteiger partial charge on any atom is 0.321 e. The molecule has 2 heterocycles. The molecule has 1 saturated heterocycles.